The fraction of sp³-hybridized carbons (Fsp3) is 0.0714. The number of benzene rings is 2. The highest BCUT2D eigenvalue weighted by Crippen LogP contribution is 2.33. The quantitative estimate of drug-likeness (QED) is 0.379. The lowest BCUT2D eigenvalue weighted by Gasteiger charge is -2.12. The highest BCUT2D eigenvalue weighted by atomic mass is 19.1. The number of hydrogen-bond donors (Lipinski definition) is 4. The first-order chi connectivity index (χ1) is 9.69. The van der Waals surface area contributed by atoms with Crippen molar-refractivity contribution in [3.8, 4) is 0 Å². The molecule has 1 heterocycles. The highest BCUT2D eigenvalue weighted by Gasteiger charge is 2.24. The van der Waals surface area contributed by atoms with Crippen LogP contribution in [0.5, 0.6) is 0 Å². The van der Waals surface area contributed by atoms with Gasteiger partial charge in [0.2, 0.25) is 0 Å². The fourth-order valence-corrected chi connectivity index (χ4v) is 2.29. The van der Waals surface area contributed by atoms with Crippen molar-refractivity contribution in [3.05, 3.63) is 65.0 Å². The molecule has 0 saturated carbocycles. The van der Waals surface area contributed by atoms with E-state index in [1.54, 1.807) is 30.3 Å². The van der Waals surface area contributed by atoms with Crippen molar-refractivity contribution in [2.45, 2.75) is 6.04 Å². The molecule has 0 saturated heterocycles. The van der Waals surface area contributed by atoms with Crippen LogP contribution in [0.25, 0.3) is 0 Å². The first-order valence-electron chi connectivity index (χ1n) is 6.11. The lowest BCUT2D eigenvalue weighted by atomic mass is 9.97. The van der Waals surface area contributed by atoms with Crippen molar-refractivity contribution in [2.24, 2.45) is 5.84 Å². The number of amides is 1. The predicted molar refractivity (Wildman–Crippen MR) is 73.1 cm³/mol. The van der Waals surface area contributed by atoms with Crippen LogP contribution >= 0.6 is 0 Å². The summed E-state index contributed by atoms with van der Waals surface area (Å²) in [5, 5.41) is 0. The molecule has 20 heavy (non-hydrogen) atoms. The molecular weight excluding hydrogens is 259 g/mol. The third kappa shape index (κ3) is 2.11. The number of anilines is 1. The van der Waals surface area contributed by atoms with Crippen LogP contribution in [0.4, 0.5) is 10.1 Å². The van der Waals surface area contributed by atoms with Crippen LogP contribution in [-0.4, -0.2) is 5.91 Å². The molecule has 5 nitrogen and oxygen atoms in total. The first-order valence-corrected chi connectivity index (χ1v) is 6.11. The Bertz CT molecular complexity index is 657. The summed E-state index contributed by atoms with van der Waals surface area (Å²) in [5.74, 6) is 4.51. The van der Waals surface area contributed by atoms with Gasteiger partial charge in [-0.2, -0.15) is 0 Å². The number of halogens is 1. The minimum atomic E-state index is -0.349. The van der Waals surface area contributed by atoms with Gasteiger partial charge in [-0.15, -0.1) is 0 Å². The van der Waals surface area contributed by atoms with Crippen LogP contribution < -0.4 is 22.1 Å². The summed E-state index contributed by atoms with van der Waals surface area (Å²) in [4.78, 5) is 11.6. The Labute approximate surface area is 114 Å². The average Bonchev–Trinajstić information content (AvgIpc) is 2.90. The van der Waals surface area contributed by atoms with Crippen molar-refractivity contribution in [1.29, 1.82) is 0 Å². The van der Waals surface area contributed by atoms with Crippen LogP contribution in [0.2, 0.25) is 0 Å². The van der Waals surface area contributed by atoms with Gasteiger partial charge in [-0.05, 0) is 35.9 Å². The molecule has 2 aromatic rings. The Hall–Kier alpha value is -2.44. The second-order valence-corrected chi connectivity index (χ2v) is 4.53. The molecule has 0 fully saturated rings. The molecule has 2 aromatic carbocycles. The highest BCUT2D eigenvalue weighted by molar-refractivity contribution is 5.94. The number of rotatable bonds is 2. The second-order valence-electron chi connectivity index (χ2n) is 4.53. The summed E-state index contributed by atoms with van der Waals surface area (Å²) in [7, 11) is 0. The van der Waals surface area contributed by atoms with Gasteiger partial charge < -0.3 is 5.43 Å². The van der Waals surface area contributed by atoms with Crippen molar-refractivity contribution in [3.63, 3.8) is 0 Å². The lowest BCUT2D eigenvalue weighted by molar-refractivity contribution is 0.0953. The Morgan fingerprint density at radius 2 is 1.95 bits per heavy atom. The van der Waals surface area contributed by atoms with Gasteiger partial charge in [-0.3, -0.25) is 10.2 Å². The van der Waals surface area contributed by atoms with Crippen molar-refractivity contribution < 1.29 is 9.18 Å². The number of fused-ring (bicyclic) bond motifs is 1. The standard InChI is InChI=1S/C14H13FN4O/c15-10-4-1-8(2-5-10)13-11-7-9(14(20)17-16)3-6-12(11)18-19-13/h1-7,13,18-19H,16H2,(H,17,20). The molecule has 0 bridgehead atoms. The van der Waals surface area contributed by atoms with E-state index >= 15 is 0 Å². The minimum absolute atomic E-state index is 0.142. The van der Waals surface area contributed by atoms with Crippen molar-refractivity contribution in [1.82, 2.24) is 10.9 Å². The Morgan fingerprint density at radius 1 is 1.20 bits per heavy atom. The van der Waals surface area contributed by atoms with Gasteiger partial charge in [0.05, 0.1) is 11.7 Å². The number of carbonyl (C=O) groups is 1. The zero-order valence-electron chi connectivity index (χ0n) is 10.5. The molecule has 0 aromatic heterocycles. The number of hydrazine groups is 2. The number of nitrogens with two attached hydrogens (primary N) is 1. The number of hydrogen-bond acceptors (Lipinski definition) is 4. The molecule has 1 aliphatic heterocycles. The summed E-state index contributed by atoms with van der Waals surface area (Å²) in [6, 6.07) is 11.3. The zero-order chi connectivity index (χ0) is 14.1. The molecule has 0 radical (unpaired) electrons. The maximum absolute atomic E-state index is 13.0. The fourth-order valence-electron chi connectivity index (χ4n) is 2.29. The molecular formula is C14H13FN4O. The van der Waals surface area contributed by atoms with E-state index in [1.807, 2.05) is 0 Å². The molecule has 3 rings (SSSR count). The van der Waals surface area contributed by atoms with Gasteiger partial charge in [0, 0.05) is 11.1 Å². The molecule has 1 atom stereocenters. The number of nitrogen functional groups attached to an aromatic ring is 1. The van der Waals surface area contributed by atoms with Crippen LogP contribution in [0.1, 0.15) is 27.5 Å². The third-order valence-electron chi connectivity index (χ3n) is 3.31. The van der Waals surface area contributed by atoms with E-state index in [2.05, 4.69) is 16.3 Å². The van der Waals surface area contributed by atoms with E-state index in [4.69, 9.17) is 5.84 Å². The molecule has 6 heteroatoms. The van der Waals surface area contributed by atoms with Gasteiger partial charge in [-0.25, -0.2) is 15.7 Å². The Morgan fingerprint density at radius 3 is 2.65 bits per heavy atom. The van der Waals surface area contributed by atoms with Gasteiger partial charge in [-0.1, -0.05) is 12.1 Å². The van der Waals surface area contributed by atoms with E-state index in [9.17, 15) is 9.18 Å². The topological polar surface area (TPSA) is 79.2 Å². The van der Waals surface area contributed by atoms with Crippen LogP contribution in [-0.2, 0) is 0 Å². The molecule has 5 N–H and O–H groups in total. The van der Waals surface area contributed by atoms with Crippen LogP contribution in [0, 0.1) is 5.82 Å². The SMILES string of the molecule is NNC(=O)c1ccc2c(c1)C(c1ccc(F)cc1)NN2. The minimum Gasteiger partial charge on any atom is -0.320 e. The molecule has 102 valence electrons. The van der Waals surface area contributed by atoms with Crippen molar-refractivity contribution >= 4 is 11.6 Å². The molecule has 1 unspecified atom stereocenters. The van der Waals surface area contributed by atoms with E-state index in [1.165, 1.54) is 12.1 Å². The predicted octanol–water partition coefficient (Wildman–Crippen LogP) is 1.45. The Balaban J connectivity index is 1.99. The number of nitrogens with one attached hydrogen (secondary N) is 3. The zero-order valence-corrected chi connectivity index (χ0v) is 10.5. The smallest absolute Gasteiger partial charge is 0.265 e. The van der Waals surface area contributed by atoms with Gasteiger partial charge in [0.1, 0.15) is 5.82 Å². The summed E-state index contributed by atoms with van der Waals surface area (Å²) in [6.45, 7) is 0. The van der Waals surface area contributed by atoms with E-state index in [0.29, 0.717) is 5.56 Å². The van der Waals surface area contributed by atoms with E-state index in [-0.39, 0.29) is 17.8 Å². The first kappa shape index (κ1) is 12.6. The largest absolute Gasteiger partial charge is 0.320 e. The molecule has 1 amide bonds. The lowest BCUT2D eigenvalue weighted by Crippen LogP contribution is -2.30. The molecule has 0 aliphatic carbocycles. The number of carbonyl (C=O) groups excluding carboxylic acids is 1. The molecule has 0 spiro atoms. The van der Waals surface area contributed by atoms with Crippen LogP contribution in [0.15, 0.2) is 42.5 Å². The normalized spacial score (nSPS) is 16.4. The molecule has 1 aliphatic rings. The summed E-state index contributed by atoms with van der Waals surface area (Å²) in [6.07, 6.45) is 0. The third-order valence-corrected chi connectivity index (χ3v) is 3.31. The van der Waals surface area contributed by atoms with Gasteiger partial charge in [0.15, 0.2) is 0 Å². The summed E-state index contributed by atoms with van der Waals surface area (Å²) < 4.78 is 13.0. The summed E-state index contributed by atoms with van der Waals surface area (Å²) in [5.41, 5.74) is 11.4. The summed E-state index contributed by atoms with van der Waals surface area (Å²) >= 11 is 0. The average molecular weight is 272 g/mol. The monoisotopic (exact) mass is 272 g/mol. The van der Waals surface area contributed by atoms with E-state index in [0.717, 1.165) is 16.8 Å². The maximum atomic E-state index is 13.0. The second kappa shape index (κ2) is 4.92. The van der Waals surface area contributed by atoms with Crippen LogP contribution in [0.3, 0.4) is 0 Å². The van der Waals surface area contributed by atoms with Gasteiger partial charge >= 0.3 is 0 Å². The van der Waals surface area contributed by atoms with Gasteiger partial charge in [0.25, 0.3) is 5.91 Å². The maximum Gasteiger partial charge on any atom is 0.265 e. The Kier molecular flexibility index (Phi) is 3.09. The van der Waals surface area contributed by atoms with Crippen molar-refractivity contribution in [2.75, 3.05) is 5.43 Å². The van der Waals surface area contributed by atoms with E-state index < -0.39 is 0 Å².